The van der Waals surface area contributed by atoms with Gasteiger partial charge < -0.3 is 9.73 Å². The van der Waals surface area contributed by atoms with Gasteiger partial charge in [0, 0.05) is 12.4 Å². The lowest BCUT2D eigenvalue weighted by atomic mass is 9.85. The standard InChI is InChI=1S/C21H19N3O2/c1-4-5-14-12-26-18-10-13-6-7-16(8-15(13)9-17(14)18)21(2)11-19(25)24(3)20(22)23-21/h6-10,12H,11H2,1-3H3,(H2,22,23). The Kier molecular flexibility index (Phi) is 3.52. The van der Waals surface area contributed by atoms with E-state index in [-0.39, 0.29) is 11.9 Å². The number of furan rings is 1. The van der Waals surface area contributed by atoms with Crippen LogP contribution in [0.25, 0.3) is 21.7 Å². The average Bonchev–Trinajstić information content (AvgIpc) is 2.99. The second-order valence-corrected chi connectivity index (χ2v) is 6.87. The molecule has 1 aromatic heterocycles. The van der Waals surface area contributed by atoms with Crippen LogP contribution < -0.4 is 5.32 Å². The van der Waals surface area contributed by atoms with E-state index in [1.807, 2.05) is 25.1 Å². The minimum Gasteiger partial charge on any atom is -0.463 e. The first-order chi connectivity index (χ1) is 12.4. The molecule has 1 saturated heterocycles. The van der Waals surface area contributed by atoms with Crippen LogP contribution in [-0.4, -0.2) is 23.8 Å². The monoisotopic (exact) mass is 345 g/mol. The van der Waals surface area contributed by atoms with Crippen LogP contribution in [0.5, 0.6) is 0 Å². The molecule has 1 aliphatic rings. The predicted molar refractivity (Wildman–Crippen MR) is 102 cm³/mol. The van der Waals surface area contributed by atoms with Crippen LogP contribution in [0.3, 0.4) is 0 Å². The van der Waals surface area contributed by atoms with Gasteiger partial charge in [-0.05, 0) is 48.4 Å². The largest absolute Gasteiger partial charge is 0.463 e. The molecule has 2 N–H and O–H groups in total. The van der Waals surface area contributed by atoms with E-state index in [1.165, 1.54) is 4.90 Å². The first-order valence-electron chi connectivity index (χ1n) is 8.43. The Morgan fingerprint density at radius 2 is 2.08 bits per heavy atom. The number of rotatable bonds is 1. The molecule has 1 aliphatic heterocycles. The van der Waals surface area contributed by atoms with Gasteiger partial charge in [0.15, 0.2) is 5.96 Å². The normalized spacial score (nSPS) is 20.2. The van der Waals surface area contributed by atoms with Gasteiger partial charge >= 0.3 is 0 Å². The molecule has 0 radical (unpaired) electrons. The lowest BCUT2D eigenvalue weighted by Gasteiger charge is -2.39. The van der Waals surface area contributed by atoms with Gasteiger partial charge in [0.05, 0.1) is 17.5 Å². The van der Waals surface area contributed by atoms with Crippen molar-refractivity contribution in [3.63, 3.8) is 0 Å². The Bertz CT molecular complexity index is 1110. The molecule has 0 aliphatic carbocycles. The molecule has 1 unspecified atom stereocenters. The summed E-state index contributed by atoms with van der Waals surface area (Å²) in [7, 11) is 1.61. The Labute approximate surface area is 151 Å². The molecule has 1 atom stereocenters. The second-order valence-electron chi connectivity index (χ2n) is 6.87. The van der Waals surface area contributed by atoms with Gasteiger partial charge in [-0.3, -0.25) is 15.1 Å². The maximum atomic E-state index is 12.2. The summed E-state index contributed by atoms with van der Waals surface area (Å²) >= 11 is 0. The van der Waals surface area contributed by atoms with E-state index < -0.39 is 5.54 Å². The first kappa shape index (κ1) is 16.2. The van der Waals surface area contributed by atoms with Crippen molar-refractivity contribution >= 4 is 33.6 Å². The first-order valence-corrected chi connectivity index (χ1v) is 8.43. The van der Waals surface area contributed by atoms with Crippen LogP contribution in [0.1, 0.15) is 31.4 Å². The van der Waals surface area contributed by atoms with Gasteiger partial charge in [-0.25, -0.2) is 0 Å². The summed E-state index contributed by atoms with van der Waals surface area (Å²) in [6.45, 7) is 3.76. The molecule has 4 rings (SSSR count). The highest BCUT2D eigenvalue weighted by Gasteiger charge is 2.37. The van der Waals surface area contributed by atoms with Crippen molar-refractivity contribution in [1.29, 1.82) is 5.41 Å². The molecular formula is C21H19N3O2. The van der Waals surface area contributed by atoms with E-state index in [0.29, 0.717) is 6.42 Å². The van der Waals surface area contributed by atoms with E-state index in [0.717, 1.165) is 32.9 Å². The fraction of sp³-hybridized carbons (Fsp3) is 0.238. The van der Waals surface area contributed by atoms with Crippen molar-refractivity contribution in [2.75, 3.05) is 7.05 Å². The van der Waals surface area contributed by atoms with Crippen molar-refractivity contribution in [3.8, 4) is 11.8 Å². The van der Waals surface area contributed by atoms with Crippen LogP contribution in [0.2, 0.25) is 0 Å². The maximum Gasteiger partial charge on any atom is 0.231 e. The zero-order chi connectivity index (χ0) is 18.5. The van der Waals surface area contributed by atoms with Crippen molar-refractivity contribution in [1.82, 2.24) is 10.2 Å². The van der Waals surface area contributed by atoms with Gasteiger partial charge in [-0.15, -0.1) is 5.92 Å². The smallest absolute Gasteiger partial charge is 0.231 e. The summed E-state index contributed by atoms with van der Waals surface area (Å²) in [5.41, 5.74) is 2.05. The summed E-state index contributed by atoms with van der Waals surface area (Å²) in [6.07, 6.45) is 1.98. The Morgan fingerprint density at radius 3 is 2.81 bits per heavy atom. The molecule has 0 saturated carbocycles. The number of carbonyl (C=O) groups is 1. The quantitative estimate of drug-likeness (QED) is 0.663. The topological polar surface area (TPSA) is 69.3 Å². The Balaban J connectivity index is 1.85. The third-order valence-electron chi connectivity index (χ3n) is 5.04. The molecule has 2 heterocycles. The minimum atomic E-state index is -0.605. The average molecular weight is 345 g/mol. The molecule has 1 amide bonds. The molecule has 5 nitrogen and oxygen atoms in total. The van der Waals surface area contributed by atoms with E-state index in [1.54, 1.807) is 20.2 Å². The Morgan fingerprint density at radius 1 is 1.27 bits per heavy atom. The molecule has 0 spiro atoms. The highest BCUT2D eigenvalue weighted by molar-refractivity contribution is 6.00. The van der Waals surface area contributed by atoms with E-state index in [4.69, 9.17) is 9.83 Å². The summed E-state index contributed by atoms with van der Waals surface area (Å²) in [5.74, 6) is 6.02. The predicted octanol–water partition coefficient (Wildman–Crippen LogP) is 3.56. The van der Waals surface area contributed by atoms with Crippen LogP contribution in [-0.2, 0) is 10.3 Å². The number of nitrogens with one attached hydrogen (secondary N) is 2. The lowest BCUT2D eigenvalue weighted by molar-refractivity contribution is -0.129. The summed E-state index contributed by atoms with van der Waals surface area (Å²) in [5, 5.41) is 14.3. The molecule has 3 aromatic rings. The zero-order valence-corrected chi connectivity index (χ0v) is 14.9. The number of amides is 1. The second kappa shape index (κ2) is 5.63. The summed E-state index contributed by atoms with van der Waals surface area (Å²) in [4.78, 5) is 13.6. The van der Waals surface area contributed by atoms with E-state index >= 15 is 0 Å². The van der Waals surface area contributed by atoms with E-state index in [9.17, 15) is 4.79 Å². The summed E-state index contributed by atoms with van der Waals surface area (Å²) < 4.78 is 5.62. The number of hydrogen-bond donors (Lipinski definition) is 2. The number of benzene rings is 2. The van der Waals surface area contributed by atoms with Gasteiger partial charge in [-0.2, -0.15) is 0 Å². The van der Waals surface area contributed by atoms with Crippen LogP contribution in [0, 0.1) is 17.3 Å². The maximum absolute atomic E-state index is 12.2. The van der Waals surface area contributed by atoms with Gasteiger partial charge in [-0.1, -0.05) is 18.1 Å². The molecule has 0 bridgehead atoms. The van der Waals surface area contributed by atoms with Gasteiger partial charge in [0.2, 0.25) is 5.91 Å². The van der Waals surface area contributed by atoms with E-state index in [2.05, 4.69) is 29.3 Å². The summed E-state index contributed by atoms with van der Waals surface area (Å²) in [6, 6.07) is 10.2. The molecule has 130 valence electrons. The van der Waals surface area contributed by atoms with Crippen LogP contribution in [0.15, 0.2) is 41.0 Å². The number of carbonyl (C=O) groups excluding carboxylic acids is 1. The number of guanidine groups is 1. The molecular weight excluding hydrogens is 326 g/mol. The highest BCUT2D eigenvalue weighted by atomic mass is 16.3. The van der Waals surface area contributed by atoms with Crippen molar-refractivity contribution < 1.29 is 9.21 Å². The molecule has 5 heteroatoms. The number of fused-ring (bicyclic) bond motifs is 2. The SMILES string of the molecule is CC#Cc1coc2cc3ccc(C4(C)CC(=O)N(C)C(=N)N4)cc3cc12. The third-order valence-corrected chi connectivity index (χ3v) is 5.04. The van der Waals surface area contributed by atoms with Crippen LogP contribution >= 0.6 is 0 Å². The van der Waals surface area contributed by atoms with Gasteiger partial charge in [0.25, 0.3) is 0 Å². The van der Waals surface area contributed by atoms with Crippen molar-refractivity contribution in [3.05, 3.63) is 47.7 Å². The van der Waals surface area contributed by atoms with Gasteiger partial charge in [0.1, 0.15) is 11.8 Å². The van der Waals surface area contributed by atoms with Crippen molar-refractivity contribution in [2.24, 2.45) is 0 Å². The lowest BCUT2D eigenvalue weighted by Crippen LogP contribution is -2.58. The third kappa shape index (κ3) is 2.42. The fourth-order valence-corrected chi connectivity index (χ4v) is 3.45. The van der Waals surface area contributed by atoms with Crippen LogP contribution in [0.4, 0.5) is 0 Å². The number of hydrogen-bond acceptors (Lipinski definition) is 3. The molecule has 2 aromatic carbocycles. The van der Waals surface area contributed by atoms with Crippen molar-refractivity contribution in [2.45, 2.75) is 25.8 Å². The zero-order valence-electron chi connectivity index (χ0n) is 14.9. The number of nitrogens with zero attached hydrogens (tertiary/aromatic N) is 1. The Hall–Kier alpha value is -3.26. The molecule has 1 fully saturated rings. The minimum absolute atomic E-state index is 0.0675. The highest BCUT2D eigenvalue weighted by Crippen LogP contribution is 2.33. The molecule has 26 heavy (non-hydrogen) atoms. The fourth-order valence-electron chi connectivity index (χ4n) is 3.45.